The molecule has 3 N–H and O–H groups in total. The highest BCUT2D eigenvalue weighted by molar-refractivity contribution is 5.99. The summed E-state index contributed by atoms with van der Waals surface area (Å²) in [6.07, 6.45) is 4.21. The summed E-state index contributed by atoms with van der Waals surface area (Å²) in [6, 6.07) is 5.75. The van der Waals surface area contributed by atoms with Crippen LogP contribution in [0.3, 0.4) is 0 Å². The first-order valence-electron chi connectivity index (χ1n) is 7.82. The van der Waals surface area contributed by atoms with Gasteiger partial charge in [0.15, 0.2) is 11.5 Å². The number of ether oxygens (including phenoxy) is 2. The molecule has 0 saturated heterocycles. The highest BCUT2D eigenvalue weighted by atomic mass is 35.5. The van der Waals surface area contributed by atoms with Gasteiger partial charge in [0.1, 0.15) is 6.61 Å². The summed E-state index contributed by atoms with van der Waals surface area (Å²) in [4.78, 5) is 12.2. The predicted molar refractivity (Wildman–Crippen MR) is 92.0 cm³/mol. The van der Waals surface area contributed by atoms with E-state index >= 15 is 0 Å². The minimum Gasteiger partial charge on any atom is -0.490 e. The highest BCUT2D eigenvalue weighted by Gasteiger charge is 2.29. The van der Waals surface area contributed by atoms with Gasteiger partial charge in [0, 0.05) is 18.2 Å². The molecule has 0 bridgehead atoms. The Morgan fingerprint density at radius 2 is 2.26 bits per heavy atom. The van der Waals surface area contributed by atoms with Gasteiger partial charge in [-0.1, -0.05) is 12.1 Å². The fourth-order valence-electron chi connectivity index (χ4n) is 2.60. The summed E-state index contributed by atoms with van der Waals surface area (Å²) in [5, 5.41) is 2.90. The second-order valence-corrected chi connectivity index (χ2v) is 5.78. The van der Waals surface area contributed by atoms with Gasteiger partial charge < -0.3 is 20.5 Å². The highest BCUT2D eigenvalue weighted by Crippen LogP contribution is 2.35. The number of carbonyl (C=O) groups excluding carboxylic acids is 1. The van der Waals surface area contributed by atoms with Crippen LogP contribution in [0.4, 0.5) is 0 Å². The molecule has 1 saturated carbocycles. The lowest BCUT2D eigenvalue weighted by atomic mass is 10.1. The molecule has 0 aromatic heterocycles. The third-order valence-electron chi connectivity index (χ3n) is 4.03. The van der Waals surface area contributed by atoms with E-state index in [1.54, 1.807) is 0 Å². The fourth-order valence-corrected chi connectivity index (χ4v) is 2.60. The van der Waals surface area contributed by atoms with Crippen LogP contribution in [0.15, 0.2) is 23.8 Å². The molecule has 1 unspecified atom stereocenters. The molecule has 1 aliphatic carbocycles. The van der Waals surface area contributed by atoms with Gasteiger partial charge in [-0.05, 0) is 37.8 Å². The number of nitrogens with two attached hydrogens (primary N) is 1. The average molecular weight is 339 g/mol. The molecule has 5 nitrogen and oxygen atoms in total. The maximum absolute atomic E-state index is 12.2. The van der Waals surface area contributed by atoms with Crippen molar-refractivity contribution < 1.29 is 14.3 Å². The minimum atomic E-state index is -0.108. The van der Waals surface area contributed by atoms with Gasteiger partial charge in [-0.15, -0.1) is 12.4 Å². The van der Waals surface area contributed by atoms with Crippen LogP contribution in [0, 0.1) is 5.92 Å². The largest absolute Gasteiger partial charge is 0.490 e. The van der Waals surface area contributed by atoms with Crippen LogP contribution in [-0.4, -0.2) is 31.7 Å². The van der Waals surface area contributed by atoms with Gasteiger partial charge >= 0.3 is 0 Å². The Morgan fingerprint density at radius 1 is 1.48 bits per heavy atom. The first-order valence-corrected chi connectivity index (χ1v) is 7.82. The van der Waals surface area contributed by atoms with Crippen LogP contribution < -0.4 is 20.5 Å². The Hall–Kier alpha value is -1.72. The van der Waals surface area contributed by atoms with E-state index in [2.05, 4.69) is 5.32 Å². The Bertz CT molecular complexity index is 600. The van der Waals surface area contributed by atoms with Crippen LogP contribution in [-0.2, 0) is 4.79 Å². The standard InChI is InChI=1S/C17H22N2O3.ClH/c1-2-21-15-5-3-4-12-8-13(10-22-16(12)15)17(20)19-9-14(18)11-6-7-11;/h3-5,8,11,14H,2,6-7,9-10,18H2,1H3,(H,19,20);1H. The number of rotatable bonds is 6. The monoisotopic (exact) mass is 338 g/mol. The van der Waals surface area contributed by atoms with Gasteiger partial charge in [0.05, 0.1) is 12.2 Å². The van der Waals surface area contributed by atoms with Crippen molar-refractivity contribution in [2.45, 2.75) is 25.8 Å². The lowest BCUT2D eigenvalue weighted by molar-refractivity contribution is -0.117. The van der Waals surface area contributed by atoms with Gasteiger partial charge in [0.2, 0.25) is 0 Å². The van der Waals surface area contributed by atoms with Crippen molar-refractivity contribution in [1.29, 1.82) is 0 Å². The Labute approximate surface area is 142 Å². The quantitative estimate of drug-likeness (QED) is 0.833. The Balaban J connectivity index is 0.00000192. The second-order valence-electron chi connectivity index (χ2n) is 5.78. The van der Waals surface area contributed by atoms with Crippen LogP contribution in [0.2, 0.25) is 0 Å². The molecule has 0 spiro atoms. The summed E-state index contributed by atoms with van der Waals surface area (Å²) in [5.41, 5.74) is 7.49. The first-order chi connectivity index (χ1) is 10.7. The van der Waals surface area contributed by atoms with Crippen molar-refractivity contribution in [2.24, 2.45) is 11.7 Å². The summed E-state index contributed by atoms with van der Waals surface area (Å²) < 4.78 is 11.3. The van der Waals surface area contributed by atoms with Crippen molar-refractivity contribution in [3.63, 3.8) is 0 Å². The third-order valence-corrected chi connectivity index (χ3v) is 4.03. The van der Waals surface area contributed by atoms with E-state index in [9.17, 15) is 4.79 Å². The molecule has 23 heavy (non-hydrogen) atoms. The van der Waals surface area contributed by atoms with Crippen molar-refractivity contribution in [2.75, 3.05) is 19.8 Å². The SMILES string of the molecule is CCOc1cccc2c1OCC(C(=O)NCC(N)C1CC1)=C2.Cl. The zero-order valence-corrected chi connectivity index (χ0v) is 14.0. The van der Waals surface area contributed by atoms with E-state index in [0.29, 0.717) is 36.1 Å². The predicted octanol–water partition coefficient (Wildman–Crippen LogP) is 2.14. The molecule has 1 aromatic rings. The molecule has 1 amide bonds. The number of carbonyl (C=O) groups is 1. The molecular formula is C17H23ClN2O3. The molecule has 1 aromatic carbocycles. The molecule has 3 rings (SSSR count). The van der Waals surface area contributed by atoms with Gasteiger partial charge in [0.25, 0.3) is 5.91 Å². The lowest BCUT2D eigenvalue weighted by Gasteiger charge is -2.20. The normalized spacial score (nSPS) is 17.0. The van der Waals surface area contributed by atoms with Crippen molar-refractivity contribution in [3.8, 4) is 11.5 Å². The smallest absolute Gasteiger partial charge is 0.250 e. The topological polar surface area (TPSA) is 73.6 Å². The van der Waals surface area contributed by atoms with E-state index in [-0.39, 0.29) is 31.0 Å². The molecule has 1 atom stereocenters. The van der Waals surface area contributed by atoms with E-state index in [1.165, 1.54) is 12.8 Å². The number of nitrogens with one attached hydrogen (secondary N) is 1. The van der Waals surface area contributed by atoms with E-state index in [0.717, 1.165) is 5.56 Å². The van der Waals surface area contributed by atoms with Crippen molar-refractivity contribution in [1.82, 2.24) is 5.32 Å². The van der Waals surface area contributed by atoms with Crippen molar-refractivity contribution >= 4 is 24.4 Å². The van der Waals surface area contributed by atoms with Crippen molar-refractivity contribution in [3.05, 3.63) is 29.3 Å². The van der Waals surface area contributed by atoms with Gasteiger partial charge in [-0.25, -0.2) is 0 Å². The Kier molecular flexibility index (Phi) is 5.91. The summed E-state index contributed by atoms with van der Waals surface area (Å²) in [5.74, 6) is 1.89. The molecule has 126 valence electrons. The number of benzene rings is 1. The fraction of sp³-hybridized carbons (Fsp3) is 0.471. The maximum atomic E-state index is 12.2. The number of halogens is 1. The summed E-state index contributed by atoms with van der Waals surface area (Å²) in [6.45, 7) is 3.28. The van der Waals surface area contributed by atoms with Crippen LogP contribution >= 0.6 is 12.4 Å². The summed E-state index contributed by atoms with van der Waals surface area (Å²) in [7, 11) is 0. The molecule has 6 heteroatoms. The van der Waals surface area contributed by atoms with Gasteiger partial charge in [-0.2, -0.15) is 0 Å². The van der Waals surface area contributed by atoms with E-state index in [1.807, 2.05) is 31.2 Å². The number of amides is 1. The number of hydrogen-bond donors (Lipinski definition) is 2. The van der Waals surface area contributed by atoms with Crippen LogP contribution in [0.1, 0.15) is 25.3 Å². The van der Waals surface area contributed by atoms with Gasteiger partial charge in [-0.3, -0.25) is 4.79 Å². The zero-order chi connectivity index (χ0) is 15.5. The Morgan fingerprint density at radius 3 is 2.96 bits per heavy atom. The zero-order valence-electron chi connectivity index (χ0n) is 13.2. The average Bonchev–Trinajstić information content (AvgIpc) is 3.37. The summed E-state index contributed by atoms with van der Waals surface area (Å²) >= 11 is 0. The number of para-hydroxylation sites is 1. The van der Waals surface area contributed by atoms with Crippen LogP contribution in [0.25, 0.3) is 6.08 Å². The molecule has 2 aliphatic rings. The first kappa shape index (κ1) is 17.6. The maximum Gasteiger partial charge on any atom is 0.250 e. The molecule has 1 aliphatic heterocycles. The lowest BCUT2D eigenvalue weighted by Crippen LogP contribution is -2.40. The van der Waals surface area contributed by atoms with E-state index in [4.69, 9.17) is 15.2 Å². The van der Waals surface area contributed by atoms with E-state index < -0.39 is 0 Å². The number of fused-ring (bicyclic) bond motifs is 1. The van der Waals surface area contributed by atoms with Crippen LogP contribution in [0.5, 0.6) is 11.5 Å². The molecular weight excluding hydrogens is 316 g/mol. The molecule has 0 radical (unpaired) electrons. The molecule has 1 heterocycles. The minimum absolute atomic E-state index is 0. The number of hydrogen-bond acceptors (Lipinski definition) is 4. The molecule has 1 fully saturated rings. The third kappa shape index (κ3) is 4.18. The second kappa shape index (κ2) is 7.70.